The molecule has 6 heteroatoms. The highest BCUT2D eigenvalue weighted by molar-refractivity contribution is 7.19. The minimum atomic E-state index is -0.548. The molecule has 4 rings (SSSR count). The number of ether oxygens (including phenoxy) is 1. The number of anilines is 1. The molecule has 0 atom stereocenters. The van der Waals surface area contributed by atoms with Crippen LogP contribution in [-0.4, -0.2) is 30.0 Å². The predicted octanol–water partition coefficient (Wildman–Crippen LogP) is 3.83. The van der Waals surface area contributed by atoms with Crippen LogP contribution in [0.25, 0.3) is 16.3 Å². The van der Waals surface area contributed by atoms with Gasteiger partial charge >= 0.3 is 5.97 Å². The second-order valence-electron chi connectivity index (χ2n) is 6.24. The second-order valence-corrected chi connectivity index (χ2v) is 7.30. The molecule has 0 saturated heterocycles. The molecule has 0 unspecified atom stereocenters. The van der Waals surface area contributed by atoms with Crippen molar-refractivity contribution in [3.8, 4) is 0 Å². The summed E-state index contributed by atoms with van der Waals surface area (Å²) in [6, 6.07) is 15.6. The number of para-hydroxylation sites is 2. The van der Waals surface area contributed by atoms with E-state index in [-0.39, 0.29) is 12.5 Å². The van der Waals surface area contributed by atoms with Gasteiger partial charge in [0, 0.05) is 18.3 Å². The number of benzene rings is 2. The van der Waals surface area contributed by atoms with Crippen LogP contribution >= 0.6 is 11.3 Å². The quantitative estimate of drug-likeness (QED) is 0.511. The normalized spacial score (nSPS) is 13.7. The zero-order chi connectivity index (χ0) is 18.6. The van der Waals surface area contributed by atoms with Gasteiger partial charge in [-0.1, -0.05) is 30.3 Å². The monoisotopic (exact) mass is 378 g/mol. The zero-order valence-corrected chi connectivity index (χ0v) is 15.4. The number of hydrogen-bond donors (Lipinski definition) is 0. The van der Waals surface area contributed by atoms with Crippen molar-refractivity contribution in [3.63, 3.8) is 0 Å². The smallest absolute Gasteiger partial charge is 0.331 e. The molecule has 2 aromatic carbocycles. The lowest BCUT2D eigenvalue weighted by Gasteiger charge is -2.29. The molecule has 0 fully saturated rings. The van der Waals surface area contributed by atoms with Crippen molar-refractivity contribution in [2.24, 2.45) is 0 Å². The number of aryl methyl sites for hydroxylation is 1. The fraction of sp³-hybridized carbons (Fsp3) is 0.190. The summed E-state index contributed by atoms with van der Waals surface area (Å²) in [5, 5.41) is 0.726. The molecule has 0 aliphatic carbocycles. The lowest BCUT2D eigenvalue weighted by molar-refractivity contribution is -0.142. The van der Waals surface area contributed by atoms with Gasteiger partial charge in [0.15, 0.2) is 6.61 Å². The Morgan fingerprint density at radius 2 is 1.96 bits per heavy atom. The highest BCUT2D eigenvalue weighted by atomic mass is 32.1. The van der Waals surface area contributed by atoms with E-state index < -0.39 is 5.97 Å². The minimum absolute atomic E-state index is 0.205. The van der Waals surface area contributed by atoms with Gasteiger partial charge in [-0.05, 0) is 42.7 Å². The Bertz CT molecular complexity index is 992. The summed E-state index contributed by atoms with van der Waals surface area (Å²) in [6.07, 6.45) is 4.81. The van der Waals surface area contributed by atoms with Gasteiger partial charge in [0.25, 0.3) is 5.91 Å². The van der Waals surface area contributed by atoms with Crippen molar-refractivity contribution in [2.75, 3.05) is 18.1 Å². The average molecular weight is 378 g/mol. The number of rotatable bonds is 4. The molecule has 1 aliphatic rings. The summed E-state index contributed by atoms with van der Waals surface area (Å²) < 4.78 is 6.19. The van der Waals surface area contributed by atoms with Gasteiger partial charge in [-0.15, -0.1) is 11.3 Å². The molecule has 0 N–H and O–H groups in total. The predicted molar refractivity (Wildman–Crippen MR) is 107 cm³/mol. The fourth-order valence-corrected chi connectivity index (χ4v) is 4.02. The van der Waals surface area contributed by atoms with Crippen LogP contribution in [0.5, 0.6) is 0 Å². The molecule has 1 amide bonds. The van der Waals surface area contributed by atoms with E-state index in [0.717, 1.165) is 39.3 Å². The molecule has 0 radical (unpaired) electrons. The third-order valence-corrected chi connectivity index (χ3v) is 5.42. The molecule has 1 aromatic heterocycles. The van der Waals surface area contributed by atoms with E-state index in [1.54, 1.807) is 11.0 Å². The molecule has 136 valence electrons. The molecule has 0 saturated carbocycles. The average Bonchev–Trinajstić information content (AvgIpc) is 3.13. The highest BCUT2D eigenvalue weighted by Gasteiger charge is 2.22. The van der Waals surface area contributed by atoms with Crippen molar-refractivity contribution >= 4 is 45.2 Å². The molecule has 0 spiro atoms. The number of nitrogens with zero attached hydrogens (tertiary/aromatic N) is 2. The number of thiazole rings is 1. The standard InChI is InChI=1S/C21H18N2O3S/c24-20(23-13-5-7-15-6-1-3-9-17(15)23)14-26-21(25)12-11-19-22-16-8-2-4-10-18(16)27-19/h1-4,6,8-12H,5,7,13-14H2/b12-11+. The first-order valence-corrected chi connectivity index (χ1v) is 9.61. The minimum Gasteiger partial charge on any atom is -0.452 e. The topological polar surface area (TPSA) is 59.5 Å². The van der Waals surface area contributed by atoms with Gasteiger partial charge < -0.3 is 9.64 Å². The lowest BCUT2D eigenvalue weighted by atomic mass is 10.0. The maximum absolute atomic E-state index is 12.5. The SMILES string of the molecule is O=C(/C=C/c1nc2ccccc2s1)OCC(=O)N1CCCc2ccccc21. The van der Waals surface area contributed by atoms with E-state index in [2.05, 4.69) is 4.98 Å². The molecular weight excluding hydrogens is 360 g/mol. The van der Waals surface area contributed by atoms with Crippen LogP contribution < -0.4 is 4.90 Å². The van der Waals surface area contributed by atoms with Gasteiger partial charge in [0.05, 0.1) is 10.2 Å². The Hall–Kier alpha value is -2.99. The van der Waals surface area contributed by atoms with E-state index in [0.29, 0.717) is 6.54 Å². The highest BCUT2D eigenvalue weighted by Crippen LogP contribution is 2.26. The first-order valence-electron chi connectivity index (χ1n) is 8.79. The number of hydrogen-bond acceptors (Lipinski definition) is 5. The Kier molecular flexibility index (Phi) is 4.98. The van der Waals surface area contributed by atoms with Gasteiger partial charge in [-0.25, -0.2) is 9.78 Å². The Balaban J connectivity index is 1.36. The molecule has 3 aromatic rings. The van der Waals surface area contributed by atoms with Gasteiger partial charge in [-0.3, -0.25) is 4.79 Å². The largest absolute Gasteiger partial charge is 0.452 e. The molecule has 27 heavy (non-hydrogen) atoms. The van der Waals surface area contributed by atoms with Crippen molar-refractivity contribution in [1.29, 1.82) is 0 Å². The number of esters is 1. The van der Waals surface area contributed by atoms with Crippen LogP contribution in [0.1, 0.15) is 17.0 Å². The zero-order valence-electron chi connectivity index (χ0n) is 14.6. The summed E-state index contributed by atoms with van der Waals surface area (Å²) in [5.74, 6) is -0.753. The van der Waals surface area contributed by atoms with Crippen molar-refractivity contribution < 1.29 is 14.3 Å². The maximum atomic E-state index is 12.5. The first-order chi connectivity index (χ1) is 13.2. The Morgan fingerprint density at radius 3 is 2.85 bits per heavy atom. The summed E-state index contributed by atoms with van der Waals surface area (Å²) >= 11 is 1.50. The molecule has 5 nitrogen and oxygen atoms in total. The van der Waals surface area contributed by atoms with Gasteiger partial charge in [-0.2, -0.15) is 0 Å². The molecular formula is C21H18N2O3S. The van der Waals surface area contributed by atoms with Crippen LogP contribution in [0.15, 0.2) is 54.6 Å². The van der Waals surface area contributed by atoms with E-state index in [4.69, 9.17) is 4.74 Å². The Labute approximate surface area is 160 Å². The van der Waals surface area contributed by atoms with Crippen LogP contribution in [0, 0.1) is 0 Å². The molecule has 1 aliphatic heterocycles. The number of amides is 1. The third-order valence-electron chi connectivity index (χ3n) is 4.42. The third kappa shape index (κ3) is 3.90. The van der Waals surface area contributed by atoms with E-state index >= 15 is 0 Å². The number of carbonyl (C=O) groups is 2. The van der Waals surface area contributed by atoms with Crippen molar-refractivity contribution in [2.45, 2.75) is 12.8 Å². The summed E-state index contributed by atoms with van der Waals surface area (Å²) in [6.45, 7) is 0.381. The molecule has 0 bridgehead atoms. The summed E-state index contributed by atoms with van der Waals surface area (Å²) in [4.78, 5) is 30.6. The lowest BCUT2D eigenvalue weighted by Crippen LogP contribution is -2.38. The van der Waals surface area contributed by atoms with Gasteiger partial charge in [0.1, 0.15) is 5.01 Å². The van der Waals surface area contributed by atoms with E-state index in [1.165, 1.54) is 17.4 Å². The fourth-order valence-electron chi connectivity index (χ4n) is 3.15. The van der Waals surface area contributed by atoms with E-state index in [1.807, 2.05) is 48.5 Å². The summed E-state index contributed by atoms with van der Waals surface area (Å²) in [5.41, 5.74) is 2.96. The molecule has 2 heterocycles. The number of fused-ring (bicyclic) bond motifs is 2. The van der Waals surface area contributed by atoms with Crippen molar-refractivity contribution in [1.82, 2.24) is 4.98 Å². The van der Waals surface area contributed by atoms with Crippen LogP contribution in [0.4, 0.5) is 5.69 Å². The summed E-state index contributed by atoms with van der Waals surface area (Å²) in [7, 11) is 0. The maximum Gasteiger partial charge on any atom is 0.331 e. The van der Waals surface area contributed by atoms with Crippen LogP contribution in [-0.2, 0) is 20.7 Å². The Morgan fingerprint density at radius 1 is 1.15 bits per heavy atom. The van der Waals surface area contributed by atoms with Crippen LogP contribution in [0.2, 0.25) is 0 Å². The van der Waals surface area contributed by atoms with Crippen LogP contribution in [0.3, 0.4) is 0 Å². The van der Waals surface area contributed by atoms with Gasteiger partial charge in [0.2, 0.25) is 0 Å². The van der Waals surface area contributed by atoms with Crippen molar-refractivity contribution in [3.05, 3.63) is 65.2 Å². The first kappa shape index (κ1) is 17.4. The number of aromatic nitrogens is 1. The van der Waals surface area contributed by atoms with E-state index in [9.17, 15) is 9.59 Å². The second kappa shape index (κ2) is 7.72. The number of carbonyl (C=O) groups excluding carboxylic acids is 2.